The summed E-state index contributed by atoms with van der Waals surface area (Å²) in [6.45, 7) is 6.78. The Labute approximate surface area is 148 Å². The molecule has 2 N–H and O–H groups in total. The van der Waals surface area contributed by atoms with Crippen LogP contribution in [-0.4, -0.2) is 5.54 Å². The van der Waals surface area contributed by atoms with Gasteiger partial charge in [0.2, 0.25) is 0 Å². The van der Waals surface area contributed by atoms with E-state index >= 15 is 0 Å². The molecule has 1 atom stereocenters. The Kier molecular flexibility index (Phi) is 8.08. The quantitative estimate of drug-likeness (QED) is 0.590. The second kappa shape index (κ2) is 9.30. The molecular formula is C21H32ClN. The number of fused-ring (bicyclic) bond motifs is 1. The zero-order valence-electron chi connectivity index (χ0n) is 14.8. The predicted molar refractivity (Wildman–Crippen MR) is 106 cm³/mol. The maximum absolute atomic E-state index is 6.97. The minimum absolute atomic E-state index is 0. The van der Waals surface area contributed by atoms with Crippen molar-refractivity contribution in [2.24, 2.45) is 5.73 Å². The molecule has 0 heterocycles. The van der Waals surface area contributed by atoms with E-state index in [1.165, 1.54) is 29.2 Å². The molecule has 23 heavy (non-hydrogen) atoms. The molecule has 1 nitrogen and oxygen atoms in total. The maximum atomic E-state index is 6.97. The molecule has 2 heteroatoms. The first kappa shape index (κ1) is 20.0. The molecule has 0 fully saturated rings. The molecule has 128 valence electrons. The van der Waals surface area contributed by atoms with Gasteiger partial charge in [0.1, 0.15) is 0 Å². The molecule has 1 unspecified atom stereocenters. The Bertz CT molecular complexity index is 582. The Morgan fingerprint density at radius 1 is 0.870 bits per heavy atom. The highest BCUT2D eigenvalue weighted by molar-refractivity contribution is 5.86. The van der Waals surface area contributed by atoms with Crippen molar-refractivity contribution in [3.05, 3.63) is 48.0 Å². The summed E-state index contributed by atoms with van der Waals surface area (Å²) < 4.78 is 0. The molecule has 0 aliphatic carbocycles. The first-order chi connectivity index (χ1) is 10.7. The molecular weight excluding hydrogens is 302 g/mol. The van der Waals surface area contributed by atoms with Gasteiger partial charge in [-0.3, -0.25) is 0 Å². The minimum atomic E-state index is -0.0797. The van der Waals surface area contributed by atoms with E-state index < -0.39 is 0 Å². The summed E-state index contributed by atoms with van der Waals surface area (Å²) in [7, 11) is 0. The SMILES string of the molecule is CCCC(c1cccc2ccccc12)C(N)(CCC)CCC.Cl. The third-order valence-corrected chi connectivity index (χ3v) is 4.90. The molecule has 0 amide bonds. The zero-order chi connectivity index (χ0) is 16.0. The lowest BCUT2D eigenvalue weighted by atomic mass is 9.71. The van der Waals surface area contributed by atoms with Crippen LogP contribution < -0.4 is 5.73 Å². The minimum Gasteiger partial charge on any atom is -0.325 e. The van der Waals surface area contributed by atoms with Crippen molar-refractivity contribution in [2.45, 2.75) is 70.8 Å². The lowest BCUT2D eigenvalue weighted by Crippen LogP contribution is -2.45. The zero-order valence-corrected chi connectivity index (χ0v) is 15.7. The normalized spacial score (nSPS) is 12.9. The van der Waals surface area contributed by atoms with Crippen LogP contribution in [0.2, 0.25) is 0 Å². The maximum Gasteiger partial charge on any atom is 0.0223 e. The molecule has 0 radical (unpaired) electrons. The van der Waals surface area contributed by atoms with Gasteiger partial charge in [-0.2, -0.15) is 0 Å². The summed E-state index contributed by atoms with van der Waals surface area (Å²) >= 11 is 0. The van der Waals surface area contributed by atoms with Crippen LogP contribution in [-0.2, 0) is 0 Å². The van der Waals surface area contributed by atoms with Gasteiger partial charge in [0.05, 0.1) is 0 Å². The highest BCUT2D eigenvalue weighted by Gasteiger charge is 2.34. The Morgan fingerprint density at radius 3 is 2.09 bits per heavy atom. The number of hydrogen-bond acceptors (Lipinski definition) is 1. The lowest BCUT2D eigenvalue weighted by Gasteiger charge is -2.39. The van der Waals surface area contributed by atoms with Gasteiger partial charge in [-0.1, -0.05) is 82.5 Å². The van der Waals surface area contributed by atoms with Crippen molar-refractivity contribution < 1.29 is 0 Å². The average Bonchev–Trinajstić information content (AvgIpc) is 2.52. The number of rotatable bonds is 8. The summed E-state index contributed by atoms with van der Waals surface area (Å²) in [4.78, 5) is 0. The van der Waals surface area contributed by atoms with Gasteiger partial charge in [-0.15, -0.1) is 12.4 Å². The van der Waals surface area contributed by atoms with E-state index in [0.717, 1.165) is 25.7 Å². The van der Waals surface area contributed by atoms with Gasteiger partial charge in [0.15, 0.2) is 0 Å². The molecule has 0 aliphatic rings. The van der Waals surface area contributed by atoms with Gasteiger partial charge in [-0.25, -0.2) is 0 Å². The molecule has 0 bridgehead atoms. The number of nitrogens with two attached hydrogens (primary N) is 1. The molecule has 2 aromatic rings. The first-order valence-corrected chi connectivity index (χ1v) is 8.92. The molecule has 0 aliphatic heterocycles. The van der Waals surface area contributed by atoms with Crippen molar-refractivity contribution in [3.63, 3.8) is 0 Å². The summed E-state index contributed by atoms with van der Waals surface area (Å²) in [5.41, 5.74) is 8.34. The summed E-state index contributed by atoms with van der Waals surface area (Å²) in [6.07, 6.45) is 6.87. The topological polar surface area (TPSA) is 26.0 Å². The summed E-state index contributed by atoms with van der Waals surface area (Å²) in [6, 6.07) is 15.4. The molecule has 0 aromatic heterocycles. The molecule has 2 rings (SSSR count). The third kappa shape index (κ3) is 4.49. The second-order valence-corrected chi connectivity index (χ2v) is 6.64. The first-order valence-electron chi connectivity index (χ1n) is 8.92. The van der Waals surface area contributed by atoms with E-state index in [9.17, 15) is 0 Å². The molecule has 2 aromatic carbocycles. The van der Waals surface area contributed by atoms with Crippen LogP contribution in [0.3, 0.4) is 0 Å². The van der Waals surface area contributed by atoms with Crippen LogP contribution in [0.4, 0.5) is 0 Å². The van der Waals surface area contributed by atoms with Gasteiger partial charge >= 0.3 is 0 Å². The molecule has 0 saturated carbocycles. The average molecular weight is 334 g/mol. The standard InChI is InChI=1S/C21H31N.ClH/c1-4-10-20(21(22,15-5-2)16-6-3)19-14-9-12-17-11-7-8-13-18(17)19;/h7-9,11-14,20H,4-6,10,15-16,22H2,1-3H3;1H. The van der Waals surface area contributed by atoms with Gasteiger partial charge in [0, 0.05) is 11.5 Å². The van der Waals surface area contributed by atoms with E-state index in [-0.39, 0.29) is 17.9 Å². The fraction of sp³-hybridized carbons (Fsp3) is 0.524. The van der Waals surface area contributed by atoms with E-state index in [0.29, 0.717) is 5.92 Å². The van der Waals surface area contributed by atoms with Crippen molar-refractivity contribution in [2.75, 3.05) is 0 Å². The second-order valence-electron chi connectivity index (χ2n) is 6.64. The highest BCUT2D eigenvalue weighted by atomic mass is 35.5. The predicted octanol–water partition coefficient (Wildman–Crippen LogP) is 6.44. The molecule has 0 spiro atoms. The number of hydrogen-bond donors (Lipinski definition) is 1. The summed E-state index contributed by atoms with van der Waals surface area (Å²) in [5, 5.41) is 2.71. The van der Waals surface area contributed by atoms with Crippen molar-refractivity contribution in [3.8, 4) is 0 Å². The van der Waals surface area contributed by atoms with Crippen LogP contribution >= 0.6 is 12.4 Å². The van der Waals surface area contributed by atoms with Crippen LogP contribution in [0.1, 0.15) is 70.8 Å². The molecule has 0 saturated heterocycles. The van der Waals surface area contributed by atoms with Gasteiger partial charge < -0.3 is 5.73 Å². The van der Waals surface area contributed by atoms with E-state index in [1.807, 2.05) is 0 Å². The number of benzene rings is 2. The number of halogens is 1. The van der Waals surface area contributed by atoms with Crippen molar-refractivity contribution >= 4 is 23.2 Å². The van der Waals surface area contributed by atoms with Gasteiger partial charge in [0.25, 0.3) is 0 Å². The van der Waals surface area contributed by atoms with E-state index in [2.05, 4.69) is 63.2 Å². The van der Waals surface area contributed by atoms with Gasteiger partial charge in [-0.05, 0) is 35.6 Å². The van der Waals surface area contributed by atoms with E-state index in [4.69, 9.17) is 5.73 Å². The monoisotopic (exact) mass is 333 g/mol. The van der Waals surface area contributed by atoms with E-state index in [1.54, 1.807) is 0 Å². The van der Waals surface area contributed by atoms with Crippen LogP contribution in [0, 0.1) is 0 Å². The van der Waals surface area contributed by atoms with Crippen LogP contribution in [0.5, 0.6) is 0 Å². The third-order valence-electron chi connectivity index (χ3n) is 4.90. The Hall–Kier alpha value is -1.05. The smallest absolute Gasteiger partial charge is 0.0223 e. The van der Waals surface area contributed by atoms with Crippen molar-refractivity contribution in [1.82, 2.24) is 0 Å². The van der Waals surface area contributed by atoms with Crippen LogP contribution in [0.15, 0.2) is 42.5 Å². The largest absolute Gasteiger partial charge is 0.325 e. The lowest BCUT2D eigenvalue weighted by molar-refractivity contribution is 0.280. The Balaban J connectivity index is 0.00000264. The Morgan fingerprint density at radius 2 is 1.48 bits per heavy atom. The fourth-order valence-electron chi connectivity index (χ4n) is 4.00. The fourth-order valence-corrected chi connectivity index (χ4v) is 4.00. The summed E-state index contributed by atoms with van der Waals surface area (Å²) in [5.74, 6) is 0.448. The van der Waals surface area contributed by atoms with Crippen molar-refractivity contribution in [1.29, 1.82) is 0 Å². The van der Waals surface area contributed by atoms with Crippen LogP contribution in [0.25, 0.3) is 10.8 Å². The highest BCUT2D eigenvalue weighted by Crippen LogP contribution is 2.40.